The average Bonchev–Trinajstić information content (AvgIpc) is 2.14. The molecule has 0 saturated heterocycles. The number of alkyl carbamates (subject to hydrolysis) is 1. The number of carbonyl (C=O) groups excluding carboxylic acids is 1. The minimum absolute atomic E-state index is 0.263. The van der Waals surface area contributed by atoms with E-state index in [1.807, 2.05) is 0 Å². The highest BCUT2D eigenvalue weighted by Crippen LogP contribution is 2.07. The second kappa shape index (κ2) is 5.12. The summed E-state index contributed by atoms with van der Waals surface area (Å²) >= 11 is 5.58. The fourth-order valence-corrected chi connectivity index (χ4v) is 1.02. The van der Waals surface area contributed by atoms with Crippen LogP contribution in [0.2, 0.25) is 5.15 Å². The van der Waals surface area contributed by atoms with Gasteiger partial charge in [-0.1, -0.05) is 11.6 Å². The zero-order valence-corrected chi connectivity index (χ0v) is 10.2. The first-order valence-electron chi connectivity index (χ1n) is 4.82. The quantitative estimate of drug-likeness (QED) is 0.865. The molecule has 1 heterocycles. The van der Waals surface area contributed by atoms with Crippen molar-refractivity contribution in [1.29, 1.82) is 0 Å². The van der Waals surface area contributed by atoms with Crippen LogP contribution in [-0.4, -0.2) is 21.9 Å². The molecule has 5 nitrogen and oxygen atoms in total. The Kier molecular flexibility index (Phi) is 4.06. The number of carbonyl (C=O) groups is 1. The van der Waals surface area contributed by atoms with E-state index in [9.17, 15) is 4.79 Å². The lowest BCUT2D eigenvalue weighted by Gasteiger charge is -2.19. The first kappa shape index (κ1) is 12.7. The molecule has 0 bridgehead atoms. The van der Waals surface area contributed by atoms with Crippen molar-refractivity contribution in [1.82, 2.24) is 15.5 Å². The Hall–Kier alpha value is -1.36. The molecule has 0 saturated carbocycles. The number of nitrogens with zero attached hydrogens (tertiary/aromatic N) is 2. The van der Waals surface area contributed by atoms with Crippen LogP contribution in [0.25, 0.3) is 0 Å². The third kappa shape index (κ3) is 4.93. The highest BCUT2D eigenvalue weighted by Gasteiger charge is 2.15. The Morgan fingerprint density at radius 1 is 1.44 bits per heavy atom. The van der Waals surface area contributed by atoms with E-state index >= 15 is 0 Å². The maximum Gasteiger partial charge on any atom is 0.407 e. The molecule has 0 atom stereocenters. The van der Waals surface area contributed by atoms with Crippen LogP contribution in [-0.2, 0) is 11.3 Å². The maximum absolute atomic E-state index is 11.3. The van der Waals surface area contributed by atoms with E-state index in [0.29, 0.717) is 10.8 Å². The van der Waals surface area contributed by atoms with Crippen LogP contribution in [0.4, 0.5) is 4.79 Å². The predicted octanol–water partition coefficient (Wildman–Crippen LogP) is 2.15. The smallest absolute Gasteiger partial charge is 0.407 e. The average molecular weight is 244 g/mol. The molecule has 88 valence electrons. The molecule has 0 aliphatic carbocycles. The summed E-state index contributed by atoms with van der Waals surface area (Å²) in [5.41, 5.74) is 0.116. The van der Waals surface area contributed by atoms with Crippen molar-refractivity contribution in [3.8, 4) is 0 Å². The molecule has 0 fully saturated rings. The Morgan fingerprint density at radius 3 is 2.62 bits per heavy atom. The van der Waals surface area contributed by atoms with Crippen LogP contribution in [0.3, 0.4) is 0 Å². The monoisotopic (exact) mass is 243 g/mol. The topological polar surface area (TPSA) is 64.1 Å². The number of rotatable bonds is 2. The second-order valence-electron chi connectivity index (χ2n) is 4.20. The van der Waals surface area contributed by atoms with Gasteiger partial charge in [-0.3, -0.25) is 0 Å². The molecule has 0 spiro atoms. The molecule has 1 N–H and O–H groups in total. The molecule has 1 amide bonds. The van der Waals surface area contributed by atoms with Gasteiger partial charge in [0.15, 0.2) is 5.15 Å². The predicted molar refractivity (Wildman–Crippen MR) is 60.1 cm³/mol. The number of hydrogen-bond acceptors (Lipinski definition) is 4. The van der Waals surface area contributed by atoms with Crippen molar-refractivity contribution in [3.63, 3.8) is 0 Å². The van der Waals surface area contributed by atoms with Gasteiger partial charge in [-0.05, 0) is 32.9 Å². The van der Waals surface area contributed by atoms with Crippen LogP contribution in [0.15, 0.2) is 12.1 Å². The van der Waals surface area contributed by atoms with E-state index in [-0.39, 0.29) is 6.54 Å². The molecule has 16 heavy (non-hydrogen) atoms. The van der Waals surface area contributed by atoms with Gasteiger partial charge < -0.3 is 10.1 Å². The van der Waals surface area contributed by atoms with Gasteiger partial charge >= 0.3 is 6.09 Å². The number of nitrogens with one attached hydrogen (secondary N) is 1. The normalized spacial score (nSPS) is 11.0. The van der Waals surface area contributed by atoms with E-state index in [0.717, 1.165) is 0 Å². The van der Waals surface area contributed by atoms with Crippen LogP contribution in [0, 0.1) is 0 Å². The van der Waals surface area contributed by atoms with Crippen LogP contribution < -0.4 is 5.32 Å². The van der Waals surface area contributed by atoms with Gasteiger partial charge in [0.25, 0.3) is 0 Å². The molecule has 0 unspecified atom stereocenters. The molecule has 1 aromatic rings. The number of aromatic nitrogens is 2. The number of halogens is 1. The maximum atomic E-state index is 11.3. The zero-order valence-electron chi connectivity index (χ0n) is 9.45. The molecular formula is C10H14ClN3O2. The molecule has 1 rings (SSSR count). The highest BCUT2D eigenvalue weighted by molar-refractivity contribution is 6.29. The van der Waals surface area contributed by atoms with Gasteiger partial charge in [-0.15, -0.1) is 5.10 Å². The van der Waals surface area contributed by atoms with E-state index < -0.39 is 11.7 Å². The summed E-state index contributed by atoms with van der Waals surface area (Å²) < 4.78 is 5.06. The van der Waals surface area contributed by atoms with Gasteiger partial charge in [0.1, 0.15) is 5.60 Å². The van der Waals surface area contributed by atoms with E-state index in [4.69, 9.17) is 16.3 Å². The van der Waals surface area contributed by atoms with Crippen LogP contribution in [0.1, 0.15) is 26.5 Å². The third-order valence-electron chi connectivity index (χ3n) is 1.50. The number of amides is 1. The fraction of sp³-hybridized carbons (Fsp3) is 0.500. The minimum Gasteiger partial charge on any atom is -0.444 e. The van der Waals surface area contributed by atoms with Gasteiger partial charge in [0.2, 0.25) is 0 Å². The Bertz CT molecular complexity index is 359. The van der Waals surface area contributed by atoms with Crippen molar-refractivity contribution < 1.29 is 9.53 Å². The summed E-state index contributed by atoms with van der Waals surface area (Å²) in [5.74, 6) is 0. The fourth-order valence-electron chi connectivity index (χ4n) is 0.915. The number of ether oxygens (including phenoxy) is 1. The van der Waals surface area contributed by atoms with Crippen LogP contribution in [0.5, 0.6) is 0 Å². The van der Waals surface area contributed by atoms with Crippen molar-refractivity contribution in [2.45, 2.75) is 32.9 Å². The molecule has 0 aromatic carbocycles. The molecule has 0 radical (unpaired) electrons. The summed E-state index contributed by atoms with van der Waals surface area (Å²) in [5, 5.41) is 10.3. The summed E-state index contributed by atoms with van der Waals surface area (Å²) in [6, 6.07) is 3.30. The Balaban J connectivity index is 2.40. The molecule has 0 aliphatic heterocycles. The molecule has 1 aromatic heterocycles. The Labute approximate surface area is 99.2 Å². The van der Waals surface area contributed by atoms with E-state index in [1.165, 1.54) is 0 Å². The third-order valence-corrected chi connectivity index (χ3v) is 1.70. The first-order chi connectivity index (χ1) is 7.37. The zero-order chi connectivity index (χ0) is 12.2. The first-order valence-corrected chi connectivity index (χ1v) is 5.19. The van der Waals surface area contributed by atoms with Crippen LogP contribution >= 0.6 is 11.6 Å². The van der Waals surface area contributed by atoms with Crippen molar-refractivity contribution in [3.05, 3.63) is 23.0 Å². The van der Waals surface area contributed by atoms with Gasteiger partial charge in [0, 0.05) is 0 Å². The lowest BCUT2D eigenvalue weighted by atomic mass is 10.2. The van der Waals surface area contributed by atoms with E-state index in [2.05, 4.69) is 15.5 Å². The van der Waals surface area contributed by atoms with Gasteiger partial charge in [0.05, 0.1) is 12.2 Å². The summed E-state index contributed by atoms with van der Waals surface area (Å²) in [4.78, 5) is 11.3. The van der Waals surface area contributed by atoms with E-state index in [1.54, 1.807) is 32.9 Å². The standard InChI is InChI=1S/C10H14ClN3O2/c1-10(2,3)16-9(15)12-6-7-4-5-8(11)14-13-7/h4-5H,6H2,1-3H3,(H,12,15). The van der Waals surface area contributed by atoms with Crippen molar-refractivity contribution >= 4 is 17.7 Å². The highest BCUT2D eigenvalue weighted by atomic mass is 35.5. The van der Waals surface area contributed by atoms with Crippen molar-refractivity contribution in [2.24, 2.45) is 0 Å². The SMILES string of the molecule is CC(C)(C)OC(=O)NCc1ccc(Cl)nn1. The summed E-state index contributed by atoms with van der Waals surface area (Å²) in [6.45, 7) is 5.66. The molecular weight excluding hydrogens is 230 g/mol. The lowest BCUT2D eigenvalue weighted by molar-refractivity contribution is 0.0523. The second-order valence-corrected chi connectivity index (χ2v) is 4.59. The Morgan fingerprint density at radius 2 is 2.12 bits per heavy atom. The minimum atomic E-state index is -0.504. The largest absolute Gasteiger partial charge is 0.444 e. The molecule has 6 heteroatoms. The molecule has 0 aliphatic rings. The van der Waals surface area contributed by atoms with Gasteiger partial charge in [-0.25, -0.2) is 4.79 Å². The summed E-state index contributed by atoms with van der Waals surface area (Å²) in [6.07, 6.45) is -0.482. The lowest BCUT2D eigenvalue weighted by Crippen LogP contribution is -2.32. The number of hydrogen-bond donors (Lipinski definition) is 1. The van der Waals surface area contributed by atoms with Crippen molar-refractivity contribution in [2.75, 3.05) is 0 Å². The summed E-state index contributed by atoms with van der Waals surface area (Å²) in [7, 11) is 0. The van der Waals surface area contributed by atoms with Gasteiger partial charge in [-0.2, -0.15) is 5.10 Å².